The van der Waals surface area contributed by atoms with Crippen molar-refractivity contribution in [3.8, 4) is 0 Å². The number of ketones is 1. The summed E-state index contributed by atoms with van der Waals surface area (Å²) in [5.74, 6) is -1.69. The molecule has 0 aliphatic carbocycles. The number of aliphatic hydroxyl groups excluding tert-OH is 1. The first kappa shape index (κ1) is 22.3. The minimum Gasteiger partial charge on any atom is -0.507 e. The number of likely N-dealkylation sites (tertiary alicyclic amines) is 1. The topological polar surface area (TPSA) is 66.8 Å². The average Bonchev–Trinajstić information content (AvgIpc) is 2.94. The van der Waals surface area contributed by atoms with Crippen LogP contribution in [0.15, 0.2) is 48.0 Å². The molecule has 1 fully saturated rings. The Morgan fingerprint density at radius 2 is 1.83 bits per heavy atom. The van der Waals surface area contributed by atoms with E-state index < -0.39 is 17.7 Å². The zero-order chi connectivity index (χ0) is 22.0. The highest BCUT2D eigenvalue weighted by atomic mass is 35.5. The van der Waals surface area contributed by atoms with Gasteiger partial charge < -0.3 is 14.7 Å². The molecular weight excluding hydrogens is 425 g/mol. The van der Waals surface area contributed by atoms with Crippen LogP contribution in [0.4, 0.5) is 0 Å². The molecule has 30 heavy (non-hydrogen) atoms. The number of benzene rings is 2. The fraction of sp³-hybridized carbons (Fsp3) is 0.304. The van der Waals surface area contributed by atoms with Crippen molar-refractivity contribution in [2.45, 2.75) is 32.9 Å². The van der Waals surface area contributed by atoms with Crippen LogP contribution in [0.25, 0.3) is 5.76 Å². The number of amides is 1. The lowest BCUT2D eigenvalue weighted by atomic mass is 9.92. The molecule has 0 spiro atoms. The van der Waals surface area contributed by atoms with E-state index in [9.17, 15) is 14.7 Å². The fourth-order valence-corrected chi connectivity index (χ4v) is 3.81. The Labute approximate surface area is 185 Å². The summed E-state index contributed by atoms with van der Waals surface area (Å²) in [6.45, 7) is 6.20. The van der Waals surface area contributed by atoms with Gasteiger partial charge in [0.15, 0.2) is 0 Å². The number of Topliss-reactive ketones (excluding diaryl/α,β-unsaturated/α-hetero) is 1. The zero-order valence-electron chi connectivity index (χ0n) is 17.0. The molecule has 0 bridgehead atoms. The Balaban J connectivity index is 2.13. The van der Waals surface area contributed by atoms with Gasteiger partial charge in [0.25, 0.3) is 11.7 Å². The van der Waals surface area contributed by atoms with E-state index in [1.807, 2.05) is 45.0 Å². The molecule has 7 heteroatoms. The minimum absolute atomic E-state index is 0.00468. The summed E-state index contributed by atoms with van der Waals surface area (Å²) in [4.78, 5) is 27.3. The van der Waals surface area contributed by atoms with Crippen LogP contribution >= 0.6 is 23.2 Å². The van der Waals surface area contributed by atoms with Crippen molar-refractivity contribution in [1.82, 2.24) is 4.90 Å². The average molecular weight is 448 g/mol. The van der Waals surface area contributed by atoms with E-state index in [4.69, 9.17) is 27.9 Å². The van der Waals surface area contributed by atoms with Gasteiger partial charge in [0.2, 0.25) is 0 Å². The van der Waals surface area contributed by atoms with E-state index in [1.165, 1.54) is 17.0 Å². The molecule has 1 aliphatic heterocycles. The highest BCUT2D eigenvalue weighted by Gasteiger charge is 2.46. The third kappa shape index (κ3) is 4.38. The van der Waals surface area contributed by atoms with Gasteiger partial charge in [-0.15, -0.1) is 0 Å². The standard InChI is InChI=1S/C23H23Cl2NO4/c1-13(2)30-11-10-26-20(16-7-5-4-6-14(16)3)19(22(28)23(26)29)21(27)15-8-9-17(24)18(25)12-15/h4-9,12-13,20,27H,10-11H2,1-3H3/b21-19+. The number of nitrogens with zero attached hydrogens (tertiary/aromatic N) is 1. The third-order valence-corrected chi connectivity index (χ3v) is 5.74. The van der Waals surface area contributed by atoms with Gasteiger partial charge >= 0.3 is 0 Å². The van der Waals surface area contributed by atoms with Crippen molar-refractivity contribution in [2.75, 3.05) is 13.2 Å². The monoisotopic (exact) mass is 447 g/mol. The summed E-state index contributed by atoms with van der Waals surface area (Å²) in [6, 6.07) is 11.3. The Morgan fingerprint density at radius 1 is 1.13 bits per heavy atom. The highest BCUT2D eigenvalue weighted by Crippen LogP contribution is 2.40. The molecule has 2 aromatic rings. The van der Waals surface area contributed by atoms with Crippen LogP contribution in [0, 0.1) is 6.92 Å². The first-order valence-corrected chi connectivity index (χ1v) is 10.4. The summed E-state index contributed by atoms with van der Waals surface area (Å²) in [7, 11) is 0. The number of ether oxygens (including phenoxy) is 1. The number of carbonyl (C=O) groups excluding carboxylic acids is 2. The van der Waals surface area contributed by atoms with Gasteiger partial charge in [0.05, 0.1) is 34.4 Å². The van der Waals surface area contributed by atoms with Crippen molar-refractivity contribution in [3.63, 3.8) is 0 Å². The fourth-order valence-electron chi connectivity index (χ4n) is 3.51. The number of aliphatic hydroxyl groups is 1. The van der Waals surface area contributed by atoms with E-state index in [-0.39, 0.29) is 35.6 Å². The summed E-state index contributed by atoms with van der Waals surface area (Å²) in [6.07, 6.45) is -0.00468. The molecule has 0 saturated carbocycles. The maximum absolute atomic E-state index is 13.0. The maximum atomic E-state index is 13.0. The smallest absolute Gasteiger partial charge is 0.295 e. The molecule has 3 rings (SSSR count). The van der Waals surface area contributed by atoms with E-state index in [1.54, 1.807) is 6.07 Å². The Bertz CT molecular complexity index is 1020. The number of hydrogen-bond acceptors (Lipinski definition) is 4. The first-order chi connectivity index (χ1) is 14.2. The predicted octanol–water partition coefficient (Wildman–Crippen LogP) is 5.15. The normalized spacial score (nSPS) is 18.5. The molecule has 5 nitrogen and oxygen atoms in total. The molecule has 1 heterocycles. The van der Waals surface area contributed by atoms with Crippen LogP contribution in [-0.4, -0.2) is 41.0 Å². The zero-order valence-corrected chi connectivity index (χ0v) is 18.5. The van der Waals surface area contributed by atoms with Gasteiger partial charge in [0, 0.05) is 12.1 Å². The Morgan fingerprint density at radius 3 is 2.47 bits per heavy atom. The van der Waals surface area contributed by atoms with Crippen molar-refractivity contribution in [2.24, 2.45) is 0 Å². The van der Waals surface area contributed by atoms with Crippen LogP contribution in [0.1, 0.15) is 36.6 Å². The second-order valence-electron chi connectivity index (χ2n) is 7.40. The minimum atomic E-state index is -0.739. The Hall–Kier alpha value is -2.34. The highest BCUT2D eigenvalue weighted by molar-refractivity contribution is 6.47. The van der Waals surface area contributed by atoms with Crippen molar-refractivity contribution in [3.05, 3.63) is 74.8 Å². The van der Waals surface area contributed by atoms with Crippen molar-refractivity contribution >= 4 is 40.7 Å². The molecule has 1 unspecified atom stereocenters. The predicted molar refractivity (Wildman–Crippen MR) is 118 cm³/mol. The molecule has 1 aliphatic rings. The van der Waals surface area contributed by atoms with Gasteiger partial charge in [-0.25, -0.2) is 0 Å². The van der Waals surface area contributed by atoms with Crippen LogP contribution in [0.2, 0.25) is 10.0 Å². The summed E-state index contributed by atoms with van der Waals surface area (Å²) < 4.78 is 5.60. The van der Waals surface area contributed by atoms with E-state index in [2.05, 4.69) is 0 Å². The number of hydrogen-bond donors (Lipinski definition) is 1. The number of rotatable bonds is 6. The van der Waals surface area contributed by atoms with Gasteiger partial charge in [0.1, 0.15) is 5.76 Å². The van der Waals surface area contributed by atoms with E-state index >= 15 is 0 Å². The number of aryl methyl sites for hydroxylation is 1. The van der Waals surface area contributed by atoms with E-state index in [0.29, 0.717) is 10.6 Å². The lowest BCUT2D eigenvalue weighted by molar-refractivity contribution is -0.140. The van der Waals surface area contributed by atoms with Crippen molar-refractivity contribution < 1.29 is 19.4 Å². The summed E-state index contributed by atoms with van der Waals surface area (Å²) >= 11 is 12.1. The molecule has 1 saturated heterocycles. The number of halogens is 2. The van der Waals surface area contributed by atoms with Crippen LogP contribution < -0.4 is 0 Å². The maximum Gasteiger partial charge on any atom is 0.295 e. The lowest BCUT2D eigenvalue weighted by Crippen LogP contribution is -2.33. The molecule has 1 atom stereocenters. The third-order valence-electron chi connectivity index (χ3n) is 5.00. The second kappa shape index (κ2) is 9.21. The summed E-state index contributed by atoms with van der Waals surface area (Å²) in [5.41, 5.74) is 2.01. The van der Waals surface area contributed by atoms with Gasteiger partial charge in [-0.3, -0.25) is 9.59 Å². The molecule has 1 amide bonds. The van der Waals surface area contributed by atoms with E-state index in [0.717, 1.165) is 11.1 Å². The van der Waals surface area contributed by atoms with Crippen LogP contribution in [-0.2, 0) is 14.3 Å². The van der Waals surface area contributed by atoms with Gasteiger partial charge in [-0.1, -0.05) is 47.5 Å². The quantitative estimate of drug-likeness (QED) is 0.377. The summed E-state index contributed by atoms with van der Waals surface area (Å²) in [5, 5.41) is 11.6. The first-order valence-electron chi connectivity index (χ1n) is 9.63. The number of carbonyl (C=O) groups is 2. The van der Waals surface area contributed by atoms with Crippen molar-refractivity contribution in [1.29, 1.82) is 0 Å². The largest absolute Gasteiger partial charge is 0.507 e. The molecule has 2 aromatic carbocycles. The molecule has 1 N–H and O–H groups in total. The lowest BCUT2D eigenvalue weighted by Gasteiger charge is -2.26. The molecule has 0 aromatic heterocycles. The van der Waals surface area contributed by atoms with Gasteiger partial charge in [-0.2, -0.15) is 0 Å². The molecular formula is C23H23Cl2NO4. The second-order valence-corrected chi connectivity index (χ2v) is 8.21. The molecule has 158 valence electrons. The Kier molecular flexibility index (Phi) is 6.86. The van der Waals surface area contributed by atoms with Gasteiger partial charge in [-0.05, 0) is 50.1 Å². The van der Waals surface area contributed by atoms with Crippen LogP contribution in [0.3, 0.4) is 0 Å². The molecule has 0 radical (unpaired) electrons. The SMILES string of the molecule is Cc1ccccc1C1/C(=C(\O)c2ccc(Cl)c(Cl)c2)C(=O)C(=O)N1CCOC(C)C. The van der Waals surface area contributed by atoms with Crippen LogP contribution in [0.5, 0.6) is 0 Å².